The van der Waals surface area contributed by atoms with E-state index in [0.29, 0.717) is 6.04 Å². The molecular weight excluding hydrogens is 434 g/mol. The van der Waals surface area contributed by atoms with Crippen molar-refractivity contribution < 1.29 is 0 Å². The Morgan fingerprint density at radius 3 is 2.56 bits per heavy atom. The maximum absolute atomic E-state index is 13.9. The molecule has 0 bridgehead atoms. The molecule has 0 saturated heterocycles. The van der Waals surface area contributed by atoms with Crippen LogP contribution in [0.5, 0.6) is 0 Å². The van der Waals surface area contributed by atoms with Crippen LogP contribution in [0.25, 0.3) is 15.9 Å². The summed E-state index contributed by atoms with van der Waals surface area (Å²) >= 11 is 3.33. The molecule has 0 amide bonds. The molecule has 0 radical (unpaired) electrons. The minimum Gasteiger partial charge on any atom is -0.296 e. The van der Waals surface area contributed by atoms with Gasteiger partial charge in [-0.3, -0.25) is 14.3 Å². The highest BCUT2D eigenvalue weighted by Gasteiger charge is 2.26. The highest BCUT2D eigenvalue weighted by atomic mass is 32.2. The Bertz CT molecular complexity index is 1310. The third-order valence-corrected chi connectivity index (χ3v) is 8.23. The summed E-state index contributed by atoms with van der Waals surface area (Å²) < 4.78 is 1.82. The molecule has 0 atom stereocenters. The third-order valence-electron chi connectivity index (χ3n) is 6.11. The summed E-state index contributed by atoms with van der Waals surface area (Å²) in [5, 5.41) is 1.58. The maximum atomic E-state index is 13.9. The summed E-state index contributed by atoms with van der Waals surface area (Å²) in [5.74, 6) is 0.775. The van der Waals surface area contributed by atoms with Crippen LogP contribution in [-0.2, 0) is 18.7 Å². The molecule has 0 spiro atoms. The van der Waals surface area contributed by atoms with Crippen LogP contribution in [-0.4, -0.2) is 27.0 Å². The van der Waals surface area contributed by atoms with Crippen molar-refractivity contribution in [3.8, 4) is 5.69 Å². The summed E-state index contributed by atoms with van der Waals surface area (Å²) in [4.78, 5) is 23.6. The van der Waals surface area contributed by atoms with Crippen molar-refractivity contribution >= 4 is 33.3 Å². The van der Waals surface area contributed by atoms with E-state index < -0.39 is 0 Å². The van der Waals surface area contributed by atoms with Gasteiger partial charge in [-0.1, -0.05) is 59.8 Å². The smallest absolute Gasteiger partial charge is 0.267 e. The van der Waals surface area contributed by atoms with E-state index in [4.69, 9.17) is 4.98 Å². The van der Waals surface area contributed by atoms with Crippen LogP contribution in [0.15, 0.2) is 64.5 Å². The Kier molecular flexibility index (Phi) is 5.93. The van der Waals surface area contributed by atoms with Gasteiger partial charge in [0, 0.05) is 29.8 Å². The van der Waals surface area contributed by atoms with Gasteiger partial charge >= 0.3 is 0 Å². The van der Waals surface area contributed by atoms with E-state index in [0.717, 1.165) is 46.3 Å². The number of hydrogen-bond acceptors (Lipinski definition) is 5. The number of aryl methyl sites for hydroxylation is 1. The maximum Gasteiger partial charge on any atom is 0.267 e. The second-order valence-electron chi connectivity index (χ2n) is 8.64. The number of aromatic nitrogens is 2. The minimum absolute atomic E-state index is 0.0601. The van der Waals surface area contributed by atoms with Gasteiger partial charge in [0.15, 0.2) is 5.16 Å². The average Bonchev–Trinajstić information content (AvgIpc) is 3.17. The van der Waals surface area contributed by atoms with E-state index >= 15 is 0 Å². The van der Waals surface area contributed by atoms with E-state index in [1.54, 1.807) is 23.1 Å². The van der Waals surface area contributed by atoms with Gasteiger partial charge in [-0.2, -0.15) is 0 Å². The first-order valence-corrected chi connectivity index (χ1v) is 12.9. The van der Waals surface area contributed by atoms with Crippen molar-refractivity contribution in [3.05, 3.63) is 86.5 Å². The number of fused-ring (bicyclic) bond motifs is 3. The molecule has 6 heteroatoms. The molecule has 1 aliphatic rings. The largest absolute Gasteiger partial charge is 0.296 e. The number of rotatable bonds is 5. The van der Waals surface area contributed by atoms with E-state index in [2.05, 4.69) is 49.9 Å². The Balaban J connectivity index is 1.64. The first-order chi connectivity index (χ1) is 15.5. The van der Waals surface area contributed by atoms with Crippen molar-refractivity contribution in [3.63, 3.8) is 0 Å². The molecule has 2 aromatic carbocycles. The summed E-state index contributed by atoms with van der Waals surface area (Å²) in [6, 6.07) is 19.0. The van der Waals surface area contributed by atoms with Gasteiger partial charge in [0.05, 0.1) is 11.1 Å². The highest BCUT2D eigenvalue weighted by molar-refractivity contribution is 7.98. The van der Waals surface area contributed by atoms with Crippen LogP contribution >= 0.6 is 23.1 Å². The second-order valence-corrected chi connectivity index (χ2v) is 10.7. The standard InChI is InChI=1S/C26H27N3OS2/c1-17(2)28-14-13-21-22(15-28)32-24-23(21)25(30)29(20-11-9-18(3)10-12-20)26(27-24)31-16-19-7-5-4-6-8-19/h4-12,17H,13-16H2,1-3H3. The fourth-order valence-electron chi connectivity index (χ4n) is 4.22. The summed E-state index contributed by atoms with van der Waals surface area (Å²) in [5.41, 5.74) is 4.55. The van der Waals surface area contributed by atoms with Gasteiger partial charge in [-0.25, -0.2) is 4.98 Å². The van der Waals surface area contributed by atoms with Crippen molar-refractivity contribution in [1.82, 2.24) is 14.5 Å². The lowest BCUT2D eigenvalue weighted by Crippen LogP contribution is -2.35. The molecule has 3 heterocycles. The fourth-order valence-corrected chi connectivity index (χ4v) is 6.48. The highest BCUT2D eigenvalue weighted by Crippen LogP contribution is 2.35. The number of benzene rings is 2. The van der Waals surface area contributed by atoms with Gasteiger partial charge in [-0.15, -0.1) is 11.3 Å². The van der Waals surface area contributed by atoms with E-state index in [9.17, 15) is 4.79 Å². The molecule has 4 nitrogen and oxygen atoms in total. The zero-order valence-electron chi connectivity index (χ0n) is 18.7. The first kappa shape index (κ1) is 21.4. The van der Waals surface area contributed by atoms with Crippen molar-refractivity contribution in [2.24, 2.45) is 0 Å². The lowest BCUT2D eigenvalue weighted by atomic mass is 10.0. The topological polar surface area (TPSA) is 38.1 Å². The van der Waals surface area contributed by atoms with E-state index in [1.165, 1.54) is 21.6 Å². The van der Waals surface area contributed by atoms with Gasteiger partial charge in [-0.05, 0) is 50.5 Å². The lowest BCUT2D eigenvalue weighted by molar-refractivity contribution is 0.206. The van der Waals surface area contributed by atoms with Gasteiger partial charge in [0.2, 0.25) is 0 Å². The molecule has 4 aromatic rings. The zero-order chi connectivity index (χ0) is 22.2. The van der Waals surface area contributed by atoms with Crippen LogP contribution in [0.4, 0.5) is 0 Å². The van der Waals surface area contributed by atoms with E-state index in [-0.39, 0.29) is 5.56 Å². The molecule has 0 N–H and O–H groups in total. The predicted molar refractivity (Wildman–Crippen MR) is 135 cm³/mol. The monoisotopic (exact) mass is 461 g/mol. The summed E-state index contributed by atoms with van der Waals surface area (Å²) in [7, 11) is 0. The Morgan fingerprint density at radius 1 is 1.09 bits per heavy atom. The Labute approximate surface area is 196 Å². The molecule has 32 heavy (non-hydrogen) atoms. The number of thioether (sulfide) groups is 1. The molecule has 1 aliphatic heterocycles. The van der Waals surface area contributed by atoms with Gasteiger partial charge in [0.25, 0.3) is 5.56 Å². The van der Waals surface area contributed by atoms with Crippen LogP contribution < -0.4 is 5.56 Å². The molecular formula is C26H27N3OS2. The summed E-state index contributed by atoms with van der Waals surface area (Å²) in [6.07, 6.45) is 0.912. The van der Waals surface area contributed by atoms with Crippen LogP contribution in [0, 0.1) is 6.92 Å². The SMILES string of the molecule is Cc1ccc(-n2c(SCc3ccccc3)nc3sc4c(c3c2=O)CCN(C(C)C)C4)cc1. The molecule has 5 rings (SSSR count). The normalized spacial score (nSPS) is 14.2. The van der Waals surface area contributed by atoms with Gasteiger partial charge in [0.1, 0.15) is 4.83 Å². The van der Waals surface area contributed by atoms with Crippen LogP contribution in [0.1, 0.15) is 35.4 Å². The Hall–Kier alpha value is -2.41. The third kappa shape index (κ3) is 4.03. The van der Waals surface area contributed by atoms with Crippen molar-refractivity contribution in [2.45, 2.75) is 50.7 Å². The molecule has 2 aromatic heterocycles. The van der Waals surface area contributed by atoms with Gasteiger partial charge < -0.3 is 0 Å². The quantitative estimate of drug-likeness (QED) is 0.277. The number of hydrogen-bond donors (Lipinski definition) is 0. The second kappa shape index (κ2) is 8.85. The molecule has 0 unspecified atom stereocenters. The minimum atomic E-state index is 0.0601. The van der Waals surface area contributed by atoms with Crippen LogP contribution in [0.2, 0.25) is 0 Å². The zero-order valence-corrected chi connectivity index (χ0v) is 20.3. The molecule has 164 valence electrons. The molecule has 0 fully saturated rings. The molecule has 0 aliphatic carbocycles. The number of thiophene rings is 1. The summed E-state index contributed by atoms with van der Waals surface area (Å²) in [6.45, 7) is 8.43. The van der Waals surface area contributed by atoms with Crippen molar-refractivity contribution in [1.29, 1.82) is 0 Å². The number of nitrogens with zero attached hydrogens (tertiary/aromatic N) is 3. The van der Waals surface area contributed by atoms with Crippen LogP contribution in [0.3, 0.4) is 0 Å². The average molecular weight is 462 g/mol. The fraction of sp³-hybridized carbons (Fsp3) is 0.308. The predicted octanol–water partition coefficient (Wildman–Crippen LogP) is 5.81. The lowest BCUT2D eigenvalue weighted by Gasteiger charge is -2.30. The van der Waals surface area contributed by atoms with E-state index in [1.807, 2.05) is 34.9 Å². The van der Waals surface area contributed by atoms with Crippen molar-refractivity contribution in [2.75, 3.05) is 6.54 Å². The Morgan fingerprint density at radius 2 is 1.84 bits per heavy atom. The molecule has 0 saturated carbocycles. The first-order valence-electron chi connectivity index (χ1n) is 11.1.